The topological polar surface area (TPSA) is 0 Å². The van der Waals surface area contributed by atoms with Gasteiger partial charge in [0, 0.05) is 0 Å². The fourth-order valence-corrected chi connectivity index (χ4v) is 0. The van der Waals surface area contributed by atoms with Crippen LogP contribution in [0, 0.1) is 0 Å². The number of rotatable bonds is 1. The van der Waals surface area contributed by atoms with Crippen LogP contribution < -0.4 is 0 Å². The van der Waals surface area contributed by atoms with Crippen LogP contribution in [0.3, 0.4) is 0 Å². The molecule has 0 amide bonds. The van der Waals surface area contributed by atoms with E-state index in [-0.39, 0.29) is 0 Å². The van der Waals surface area contributed by atoms with E-state index < -0.39 is 0 Å². The van der Waals surface area contributed by atoms with E-state index in [1.165, 1.54) is 10.6 Å². The molecular formula is CH4ClPS. The van der Waals surface area contributed by atoms with Gasteiger partial charge < -0.3 is 0 Å². The Morgan fingerprint density at radius 3 is 2.25 bits per heavy atom. The molecule has 0 saturated heterocycles. The van der Waals surface area contributed by atoms with E-state index in [1.54, 1.807) is 0 Å². The molecule has 1 atom stereocenters. The van der Waals surface area contributed by atoms with Gasteiger partial charge in [-0.2, -0.15) is 0 Å². The Labute approximate surface area is 36.3 Å². The minimum atomic E-state index is 0.823. The maximum atomic E-state index is 5.11. The predicted molar refractivity (Wildman–Crippen MR) is 27.7 cm³/mol. The van der Waals surface area contributed by atoms with E-state index in [4.69, 9.17) is 10.7 Å². The number of hydrogen-bond acceptors (Lipinski definition) is 1. The maximum Gasteiger partial charge on any atom is -0.0325 e. The van der Waals surface area contributed by atoms with Gasteiger partial charge in [-0.1, -0.05) is 0 Å². The van der Waals surface area contributed by atoms with Gasteiger partial charge in [-0.15, -0.1) is 0 Å². The first kappa shape index (κ1) is 5.07. The van der Waals surface area contributed by atoms with Crippen LogP contribution in [0.1, 0.15) is 0 Å². The summed E-state index contributed by atoms with van der Waals surface area (Å²) in [6, 6.07) is 0. The zero-order valence-corrected chi connectivity index (χ0v) is 4.86. The molecule has 0 aromatic carbocycles. The first-order valence-electron chi connectivity index (χ1n) is 0.858. The van der Waals surface area contributed by atoms with E-state index in [0.717, 1.165) is 7.78 Å². The highest BCUT2D eigenvalue weighted by Gasteiger charge is 1.58. The highest BCUT2D eigenvalue weighted by Crippen LogP contribution is 2.27. The smallest absolute Gasteiger partial charge is 0.0325 e. The van der Waals surface area contributed by atoms with Crippen molar-refractivity contribution in [2.75, 3.05) is 6.66 Å². The molecule has 0 nitrogen and oxygen atoms in total. The van der Waals surface area contributed by atoms with Gasteiger partial charge in [0.1, 0.15) is 0 Å². The second-order valence-corrected chi connectivity index (χ2v) is 3.92. The fourth-order valence-electron chi connectivity index (χ4n) is 0. The summed E-state index contributed by atoms with van der Waals surface area (Å²) in [5, 5.41) is 0. The molecule has 0 heterocycles. The van der Waals surface area contributed by atoms with Crippen LogP contribution in [-0.2, 0) is 0 Å². The molecule has 0 saturated carbocycles. The third kappa shape index (κ3) is 3.07. The zero-order chi connectivity index (χ0) is 3.41. The first-order chi connectivity index (χ1) is 1.91. The Kier molecular flexibility index (Phi) is 5.16. The highest BCUT2D eigenvalue weighted by atomic mass is 35.7. The maximum absolute atomic E-state index is 5.11. The Morgan fingerprint density at radius 1 is 2.00 bits per heavy atom. The standard InChI is InChI=1S/CH4ClPS/c1-3-4-2/h3H,1H3. The fraction of sp³-hybridized carbons (Fsp3) is 1.00. The van der Waals surface area contributed by atoms with Gasteiger partial charge in [-0.3, -0.25) is 0 Å². The van der Waals surface area contributed by atoms with Crippen LogP contribution in [0.15, 0.2) is 0 Å². The molecule has 1 unspecified atom stereocenters. The Morgan fingerprint density at radius 2 is 2.25 bits per heavy atom. The lowest BCUT2D eigenvalue weighted by Gasteiger charge is -1.66. The third-order valence-corrected chi connectivity index (χ3v) is 2.08. The van der Waals surface area contributed by atoms with E-state index in [1.807, 2.05) is 6.66 Å². The second-order valence-electron chi connectivity index (χ2n) is 0.281. The highest BCUT2D eigenvalue weighted by molar-refractivity contribution is 8.61. The lowest BCUT2D eigenvalue weighted by molar-refractivity contribution is 2.51. The van der Waals surface area contributed by atoms with Crippen molar-refractivity contribution < 1.29 is 0 Å². The van der Waals surface area contributed by atoms with E-state index in [0.29, 0.717) is 0 Å². The van der Waals surface area contributed by atoms with Gasteiger partial charge in [0.15, 0.2) is 0 Å². The van der Waals surface area contributed by atoms with E-state index in [2.05, 4.69) is 0 Å². The van der Waals surface area contributed by atoms with Crippen molar-refractivity contribution in [3.63, 3.8) is 0 Å². The third-order valence-electron chi connectivity index (χ3n) is 0.0772. The molecule has 4 heavy (non-hydrogen) atoms. The molecule has 0 fully saturated rings. The summed E-state index contributed by atoms with van der Waals surface area (Å²) in [7, 11) is 7.29. The molecular weight excluding hydrogens is 111 g/mol. The monoisotopic (exact) mass is 114 g/mol. The van der Waals surface area contributed by atoms with Gasteiger partial charge in [0.25, 0.3) is 0 Å². The van der Waals surface area contributed by atoms with Crippen molar-refractivity contribution in [1.29, 1.82) is 0 Å². The van der Waals surface area contributed by atoms with Crippen LogP contribution in [-0.4, -0.2) is 6.66 Å². The first-order valence-corrected chi connectivity index (χ1v) is 4.73. The molecule has 0 spiro atoms. The van der Waals surface area contributed by atoms with Crippen molar-refractivity contribution in [2.45, 2.75) is 0 Å². The predicted octanol–water partition coefficient (Wildman–Crippen LogP) is 2.10. The summed E-state index contributed by atoms with van der Waals surface area (Å²) >= 11 is 0. The average Bonchev–Trinajstić information content (AvgIpc) is 1.37. The zero-order valence-electron chi connectivity index (χ0n) is 2.29. The average molecular weight is 115 g/mol. The van der Waals surface area contributed by atoms with Gasteiger partial charge in [0.05, 0.1) is 0 Å². The Balaban J connectivity index is 1.97. The molecule has 0 aliphatic carbocycles. The minimum Gasteiger partial charge on any atom is -0.0470 e. The largest absolute Gasteiger partial charge is 0.0470 e. The number of hydrogen-bond donors (Lipinski definition) is 0. The molecule has 0 aromatic rings. The summed E-state index contributed by atoms with van der Waals surface area (Å²) < 4.78 is 0. The van der Waals surface area contributed by atoms with E-state index in [9.17, 15) is 0 Å². The molecule has 0 N–H and O–H groups in total. The molecule has 3 heteroatoms. The molecule has 0 rings (SSSR count). The van der Waals surface area contributed by atoms with Gasteiger partial charge in [0.2, 0.25) is 0 Å². The van der Waals surface area contributed by atoms with Crippen molar-refractivity contribution in [3.8, 4) is 0 Å². The molecule has 0 aromatic heterocycles. The molecule has 26 valence electrons. The lowest BCUT2D eigenvalue weighted by Crippen LogP contribution is -1.10. The Hall–Kier alpha value is 1.07. The van der Waals surface area contributed by atoms with Crippen LogP contribution in [0.25, 0.3) is 0 Å². The summed E-state index contributed by atoms with van der Waals surface area (Å²) in [6.45, 7) is 2.04. The number of halogens is 1. The van der Waals surface area contributed by atoms with Crippen molar-refractivity contribution in [2.24, 2.45) is 0 Å². The summed E-state index contributed by atoms with van der Waals surface area (Å²) in [5.41, 5.74) is 0. The van der Waals surface area contributed by atoms with Crippen molar-refractivity contribution >= 4 is 29.1 Å². The van der Waals surface area contributed by atoms with Crippen LogP contribution in [0.4, 0.5) is 0 Å². The summed E-state index contributed by atoms with van der Waals surface area (Å²) in [5.74, 6) is 0. The van der Waals surface area contributed by atoms with Gasteiger partial charge >= 0.3 is 0 Å². The Bertz CT molecular complexity index is 10.0. The van der Waals surface area contributed by atoms with Crippen molar-refractivity contribution in [1.82, 2.24) is 0 Å². The van der Waals surface area contributed by atoms with Crippen LogP contribution in [0.5, 0.6) is 0 Å². The molecule has 0 radical (unpaired) electrons. The normalized spacial score (nSPS) is 10.5. The van der Waals surface area contributed by atoms with Crippen LogP contribution >= 0.6 is 29.1 Å². The lowest BCUT2D eigenvalue weighted by atomic mass is 12.0. The molecule has 0 aliphatic heterocycles. The van der Waals surface area contributed by atoms with Crippen LogP contribution in [0.2, 0.25) is 0 Å². The summed E-state index contributed by atoms with van der Waals surface area (Å²) in [6.07, 6.45) is 0. The van der Waals surface area contributed by atoms with E-state index >= 15 is 0 Å². The molecule has 0 aliphatic rings. The molecule has 0 bridgehead atoms. The minimum absolute atomic E-state index is 0.823. The quantitative estimate of drug-likeness (QED) is 0.471. The van der Waals surface area contributed by atoms with Crippen molar-refractivity contribution in [3.05, 3.63) is 0 Å². The second kappa shape index (κ2) is 4.07. The SMILES string of the molecule is CPSCl. The van der Waals surface area contributed by atoms with Gasteiger partial charge in [-0.25, -0.2) is 0 Å². The summed E-state index contributed by atoms with van der Waals surface area (Å²) in [4.78, 5) is 0. The van der Waals surface area contributed by atoms with Gasteiger partial charge in [-0.05, 0) is 35.7 Å².